The van der Waals surface area contributed by atoms with Gasteiger partial charge in [0.25, 0.3) is 0 Å². The van der Waals surface area contributed by atoms with E-state index in [1.807, 2.05) is 13.8 Å². The van der Waals surface area contributed by atoms with Crippen molar-refractivity contribution in [1.82, 2.24) is 5.32 Å². The number of ketones is 1. The van der Waals surface area contributed by atoms with E-state index in [-0.39, 0.29) is 35.7 Å². The smallest absolute Gasteiger partial charge is 0.223 e. The molecule has 0 radical (unpaired) electrons. The van der Waals surface area contributed by atoms with Gasteiger partial charge in [0.15, 0.2) is 0 Å². The Morgan fingerprint density at radius 2 is 2.30 bits per heavy atom. The third-order valence-corrected chi connectivity index (χ3v) is 4.16. The van der Waals surface area contributed by atoms with Crippen LogP contribution in [-0.2, 0) is 19.1 Å². The molecule has 2 aliphatic rings. The first-order chi connectivity index (χ1) is 9.56. The molecule has 20 heavy (non-hydrogen) atoms. The lowest BCUT2D eigenvalue weighted by Gasteiger charge is -2.26. The highest BCUT2D eigenvalue weighted by atomic mass is 16.5. The van der Waals surface area contributed by atoms with Crippen molar-refractivity contribution < 1.29 is 19.1 Å². The molecule has 0 aromatic heterocycles. The minimum Gasteiger partial charge on any atom is -0.379 e. The third-order valence-electron chi connectivity index (χ3n) is 4.16. The number of hydrogen-bond acceptors (Lipinski definition) is 4. The van der Waals surface area contributed by atoms with Crippen LogP contribution in [0.3, 0.4) is 0 Å². The highest BCUT2D eigenvalue weighted by Crippen LogP contribution is 2.26. The van der Waals surface area contributed by atoms with E-state index >= 15 is 0 Å². The molecule has 5 heteroatoms. The molecule has 5 nitrogen and oxygen atoms in total. The molecule has 4 unspecified atom stereocenters. The highest BCUT2D eigenvalue weighted by Gasteiger charge is 2.30. The molecule has 1 saturated carbocycles. The van der Waals surface area contributed by atoms with Gasteiger partial charge in [-0.2, -0.15) is 0 Å². The molecule has 1 amide bonds. The molecule has 0 aromatic rings. The second kappa shape index (κ2) is 7.18. The standard InChI is InChI=1S/C15H25NO4/c1-10-7-12(3-4-14(10)17)15(18)16-11(2)8-20-13-5-6-19-9-13/h10-13H,3-9H2,1-2H3,(H,16,18). The van der Waals surface area contributed by atoms with E-state index in [0.29, 0.717) is 32.5 Å². The summed E-state index contributed by atoms with van der Waals surface area (Å²) in [7, 11) is 0. The number of carbonyl (C=O) groups is 2. The fourth-order valence-corrected chi connectivity index (χ4v) is 2.80. The van der Waals surface area contributed by atoms with Gasteiger partial charge in [-0.3, -0.25) is 9.59 Å². The van der Waals surface area contributed by atoms with Crippen LogP contribution >= 0.6 is 0 Å². The molecule has 0 aromatic carbocycles. The quantitative estimate of drug-likeness (QED) is 0.826. The van der Waals surface area contributed by atoms with Crippen molar-refractivity contribution in [2.75, 3.05) is 19.8 Å². The van der Waals surface area contributed by atoms with E-state index in [2.05, 4.69) is 5.32 Å². The Kier molecular flexibility index (Phi) is 5.54. The summed E-state index contributed by atoms with van der Waals surface area (Å²) < 4.78 is 10.9. The summed E-state index contributed by atoms with van der Waals surface area (Å²) in [5.41, 5.74) is 0. The molecule has 1 N–H and O–H groups in total. The first-order valence-corrected chi connectivity index (χ1v) is 7.58. The number of Topliss-reactive ketones (excluding diaryl/α,β-unsaturated/α-hetero) is 1. The lowest BCUT2D eigenvalue weighted by atomic mass is 9.81. The third kappa shape index (κ3) is 4.28. The van der Waals surface area contributed by atoms with Gasteiger partial charge in [-0.25, -0.2) is 0 Å². The zero-order valence-corrected chi connectivity index (χ0v) is 12.4. The number of amides is 1. The Morgan fingerprint density at radius 1 is 1.50 bits per heavy atom. The molecule has 114 valence electrons. The topological polar surface area (TPSA) is 64.6 Å². The van der Waals surface area contributed by atoms with Crippen molar-refractivity contribution >= 4 is 11.7 Å². The summed E-state index contributed by atoms with van der Waals surface area (Å²) in [6.07, 6.45) is 2.99. The summed E-state index contributed by atoms with van der Waals surface area (Å²) >= 11 is 0. The lowest BCUT2D eigenvalue weighted by Crippen LogP contribution is -2.42. The fourth-order valence-electron chi connectivity index (χ4n) is 2.80. The molecular formula is C15H25NO4. The second-order valence-corrected chi connectivity index (χ2v) is 6.07. The van der Waals surface area contributed by atoms with Crippen LogP contribution in [0.25, 0.3) is 0 Å². The molecular weight excluding hydrogens is 258 g/mol. The molecule has 2 rings (SSSR count). The first kappa shape index (κ1) is 15.4. The van der Waals surface area contributed by atoms with Crippen LogP contribution in [0.1, 0.15) is 39.5 Å². The van der Waals surface area contributed by atoms with Crippen molar-refractivity contribution in [2.24, 2.45) is 11.8 Å². The maximum absolute atomic E-state index is 12.2. The average molecular weight is 283 g/mol. The Bertz CT molecular complexity index is 352. The SMILES string of the molecule is CC(COC1CCOC1)NC(=O)C1CCC(=O)C(C)C1. The van der Waals surface area contributed by atoms with Crippen molar-refractivity contribution in [1.29, 1.82) is 0 Å². The second-order valence-electron chi connectivity index (χ2n) is 6.07. The number of carbonyl (C=O) groups excluding carboxylic acids is 2. The lowest BCUT2D eigenvalue weighted by molar-refractivity contribution is -0.131. The number of hydrogen-bond donors (Lipinski definition) is 1. The van der Waals surface area contributed by atoms with E-state index in [1.165, 1.54) is 0 Å². The Labute approximate surface area is 120 Å². The van der Waals surface area contributed by atoms with Gasteiger partial charge in [-0.1, -0.05) is 6.92 Å². The Balaban J connectivity index is 1.68. The van der Waals surface area contributed by atoms with Crippen molar-refractivity contribution in [3.63, 3.8) is 0 Å². The fraction of sp³-hybridized carbons (Fsp3) is 0.867. The van der Waals surface area contributed by atoms with Gasteiger partial charge in [0, 0.05) is 30.9 Å². The van der Waals surface area contributed by atoms with Crippen LogP contribution in [0.5, 0.6) is 0 Å². The average Bonchev–Trinajstić information content (AvgIpc) is 2.92. The molecule has 1 saturated heterocycles. The minimum absolute atomic E-state index is 0.00367. The number of ether oxygens (including phenoxy) is 2. The van der Waals surface area contributed by atoms with E-state index in [9.17, 15) is 9.59 Å². The number of rotatable bonds is 5. The zero-order valence-electron chi connectivity index (χ0n) is 12.4. The van der Waals surface area contributed by atoms with Crippen LogP contribution in [0.2, 0.25) is 0 Å². The molecule has 4 atom stereocenters. The van der Waals surface area contributed by atoms with Gasteiger partial charge in [0.1, 0.15) is 5.78 Å². The van der Waals surface area contributed by atoms with Crippen LogP contribution in [-0.4, -0.2) is 43.7 Å². The van der Waals surface area contributed by atoms with Gasteiger partial charge >= 0.3 is 0 Å². The minimum atomic E-state index is -0.0278. The van der Waals surface area contributed by atoms with Gasteiger partial charge in [0.05, 0.1) is 19.3 Å². The van der Waals surface area contributed by atoms with Crippen LogP contribution in [0.4, 0.5) is 0 Å². The molecule has 0 bridgehead atoms. The predicted octanol–water partition coefficient (Wildman–Crippen LogP) is 1.30. The summed E-state index contributed by atoms with van der Waals surface area (Å²) in [5.74, 6) is 0.330. The highest BCUT2D eigenvalue weighted by molar-refractivity contribution is 5.86. The molecule has 1 aliphatic heterocycles. The van der Waals surface area contributed by atoms with Crippen LogP contribution < -0.4 is 5.32 Å². The Morgan fingerprint density at radius 3 is 2.95 bits per heavy atom. The normalized spacial score (nSPS) is 32.1. The first-order valence-electron chi connectivity index (χ1n) is 7.58. The van der Waals surface area contributed by atoms with Gasteiger partial charge < -0.3 is 14.8 Å². The maximum atomic E-state index is 12.2. The van der Waals surface area contributed by atoms with Gasteiger partial charge in [-0.05, 0) is 26.2 Å². The van der Waals surface area contributed by atoms with E-state index in [4.69, 9.17) is 9.47 Å². The molecule has 1 heterocycles. The van der Waals surface area contributed by atoms with Gasteiger partial charge in [0.2, 0.25) is 5.91 Å². The largest absolute Gasteiger partial charge is 0.379 e. The van der Waals surface area contributed by atoms with Crippen molar-refractivity contribution in [2.45, 2.75) is 51.7 Å². The van der Waals surface area contributed by atoms with E-state index in [1.54, 1.807) is 0 Å². The van der Waals surface area contributed by atoms with Crippen LogP contribution in [0, 0.1) is 11.8 Å². The Hall–Kier alpha value is -0.940. The summed E-state index contributed by atoms with van der Waals surface area (Å²) in [4.78, 5) is 23.6. The monoisotopic (exact) mass is 283 g/mol. The summed E-state index contributed by atoms with van der Waals surface area (Å²) in [6, 6.07) is -0.00367. The van der Waals surface area contributed by atoms with E-state index in [0.717, 1.165) is 13.0 Å². The summed E-state index contributed by atoms with van der Waals surface area (Å²) in [6.45, 7) is 5.79. The maximum Gasteiger partial charge on any atom is 0.223 e. The summed E-state index contributed by atoms with van der Waals surface area (Å²) in [5, 5.41) is 2.99. The zero-order chi connectivity index (χ0) is 14.5. The van der Waals surface area contributed by atoms with Gasteiger partial charge in [-0.15, -0.1) is 0 Å². The molecule has 2 fully saturated rings. The molecule has 0 spiro atoms. The van der Waals surface area contributed by atoms with Crippen molar-refractivity contribution in [3.8, 4) is 0 Å². The van der Waals surface area contributed by atoms with Crippen LogP contribution in [0.15, 0.2) is 0 Å². The predicted molar refractivity (Wildman–Crippen MR) is 74.3 cm³/mol. The number of nitrogens with one attached hydrogen (secondary N) is 1. The molecule has 1 aliphatic carbocycles. The van der Waals surface area contributed by atoms with Crippen molar-refractivity contribution in [3.05, 3.63) is 0 Å². The van der Waals surface area contributed by atoms with E-state index < -0.39 is 0 Å².